The van der Waals surface area contributed by atoms with Crippen molar-refractivity contribution in [2.75, 3.05) is 5.32 Å². The molecule has 1 aliphatic rings. The molecule has 22 heavy (non-hydrogen) atoms. The first-order chi connectivity index (χ1) is 10.3. The summed E-state index contributed by atoms with van der Waals surface area (Å²) >= 11 is 5.96. The minimum Gasteiger partial charge on any atom is -0.446 e. The molecule has 3 nitrogen and oxygen atoms in total. The summed E-state index contributed by atoms with van der Waals surface area (Å²) in [6.07, 6.45) is 3.78. The maximum absolute atomic E-state index is 12.0. The van der Waals surface area contributed by atoms with Crippen LogP contribution >= 0.6 is 11.6 Å². The van der Waals surface area contributed by atoms with Crippen LogP contribution in [0.4, 0.5) is 10.5 Å². The van der Waals surface area contributed by atoms with Crippen molar-refractivity contribution in [1.29, 1.82) is 0 Å². The molecule has 1 aromatic rings. The summed E-state index contributed by atoms with van der Waals surface area (Å²) in [7, 11) is 0. The second kappa shape index (κ2) is 6.91. The van der Waals surface area contributed by atoms with Crippen LogP contribution in [0, 0.1) is 18.3 Å². The number of aryl methyl sites for hydroxylation is 1. The third kappa shape index (κ3) is 4.64. The van der Waals surface area contributed by atoms with Gasteiger partial charge < -0.3 is 4.74 Å². The molecule has 1 N–H and O–H groups in total. The Hall–Kier alpha value is -1.22. The molecule has 0 atom stereocenters. The van der Waals surface area contributed by atoms with Crippen LogP contribution < -0.4 is 5.32 Å². The first-order valence-electron chi connectivity index (χ1n) is 7.99. The van der Waals surface area contributed by atoms with Crippen molar-refractivity contribution >= 4 is 23.4 Å². The molecule has 0 unspecified atom stereocenters. The van der Waals surface area contributed by atoms with Crippen molar-refractivity contribution < 1.29 is 9.53 Å². The van der Waals surface area contributed by atoms with Crippen LogP contribution in [0.1, 0.15) is 52.0 Å². The number of amides is 1. The van der Waals surface area contributed by atoms with Crippen LogP contribution in [0.2, 0.25) is 5.02 Å². The lowest BCUT2D eigenvalue weighted by atomic mass is 9.72. The molecule has 122 valence electrons. The van der Waals surface area contributed by atoms with E-state index >= 15 is 0 Å². The van der Waals surface area contributed by atoms with Crippen molar-refractivity contribution in [3.05, 3.63) is 28.8 Å². The largest absolute Gasteiger partial charge is 0.446 e. The van der Waals surface area contributed by atoms with Gasteiger partial charge in [-0.2, -0.15) is 0 Å². The number of rotatable bonds is 2. The van der Waals surface area contributed by atoms with Gasteiger partial charge in [-0.25, -0.2) is 4.79 Å². The van der Waals surface area contributed by atoms with Crippen LogP contribution in [0.25, 0.3) is 0 Å². The van der Waals surface area contributed by atoms with Gasteiger partial charge in [-0.3, -0.25) is 5.32 Å². The molecule has 1 amide bonds. The molecule has 0 bridgehead atoms. The molecule has 0 spiro atoms. The quantitative estimate of drug-likeness (QED) is 0.746. The van der Waals surface area contributed by atoms with E-state index < -0.39 is 0 Å². The average molecular weight is 324 g/mol. The Morgan fingerprint density at radius 2 is 1.86 bits per heavy atom. The fourth-order valence-corrected chi connectivity index (χ4v) is 3.24. The van der Waals surface area contributed by atoms with Gasteiger partial charge in [0, 0.05) is 10.7 Å². The minimum absolute atomic E-state index is 0.0260. The zero-order chi connectivity index (χ0) is 16.3. The van der Waals surface area contributed by atoms with E-state index in [1.54, 1.807) is 12.1 Å². The number of hydrogen-bond donors (Lipinski definition) is 1. The van der Waals surface area contributed by atoms with Crippen LogP contribution in [-0.4, -0.2) is 12.2 Å². The lowest BCUT2D eigenvalue weighted by molar-refractivity contribution is 0.0528. The maximum Gasteiger partial charge on any atom is 0.411 e. The van der Waals surface area contributed by atoms with Crippen molar-refractivity contribution in [2.24, 2.45) is 11.3 Å². The number of carbonyl (C=O) groups excluding carboxylic acids is 1. The fraction of sp³-hybridized carbons (Fsp3) is 0.611. The van der Waals surface area contributed by atoms with Crippen molar-refractivity contribution in [3.8, 4) is 0 Å². The van der Waals surface area contributed by atoms with Crippen LogP contribution in [0.5, 0.6) is 0 Å². The standard InChI is InChI=1S/C18H26ClNO2/c1-12-5-8-14(19)11-16(12)20-17(21)22-15-9-6-13(7-10-15)18(2,3)4/h5,8,11,13,15H,6-7,9-10H2,1-4H3,(H,20,21). The van der Waals surface area contributed by atoms with Gasteiger partial charge in [0.2, 0.25) is 0 Å². The topological polar surface area (TPSA) is 38.3 Å². The number of benzene rings is 1. The molecule has 1 aliphatic carbocycles. The Balaban J connectivity index is 1.85. The Morgan fingerprint density at radius 1 is 1.23 bits per heavy atom. The molecular weight excluding hydrogens is 298 g/mol. The van der Waals surface area contributed by atoms with Gasteiger partial charge in [0.1, 0.15) is 6.10 Å². The highest BCUT2D eigenvalue weighted by atomic mass is 35.5. The summed E-state index contributed by atoms with van der Waals surface area (Å²) < 4.78 is 5.56. The summed E-state index contributed by atoms with van der Waals surface area (Å²) in [4.78, 5) is 12.0. The Morgan fingerprint density at radius 3 is 2.45 bits per heavy atom. The third-order valence-corrected chi connectivity index (χ3v) is 4.84. The third-order valence-electron chi connectivity index (χ3n) is 4.61. The van der Waals surface area contributed by atoms with Crippen molar-refractivity contribution in [1.82, 2.24) is 0 Å². The summed E-state index contributed by atoms with van der Waals surface area (Å²) in [6.45, 7) is 8.79. The number of ether oxygens (including phenoxy) is 1. The van der Waals surface area contributed by atoms with Gasteiger partial charge in [0.25, 0.3) is 0 Å². The number of halogens is 1. The van der Waals surface area contributed by atoms with Crippen LogP contribution in [0.15, 0.2) is 18.2 Å². The van der Waals surface area contributed by atoms with E-state index in [1.165, 1.54) is 0 Å². The van der Waals surface area contributed by atoms with Crippen LogP contribution in [-0.2, 0) is 4.74 Å². The van der Waals surface area contributed by atoms with Gasteiger partial charge in [0.15, 0.2) is 0 Å². The van der Waals surface area contributed by atoms with E-state index in [1.807, 2.05) is 13.0 Å². The normalized spacial score (nSPS) is 22.2. The number of anilines is 1. The first-order valence-corrected chi connectivity index (χ1v) is 8.37. The predicted octanol–water partition coefficient (Wildman–Crippen LogP) is 5.80. The first kappa shape index (κ1) is 17.1. The number of hydrogen-bond acceptors (Lipinski definition) is 2. The van der Waals surface area contributed by atoms with Crippen molar-refractivity contribution in [2.45, 2.75) is 59.5 Å². The highest BCUT2D eigenvalue weighted by Gasteiger charge is 2.31. The number of carbonyl (C=O) groups is 1. The summed E-state index contributed by atoms with van der Waals surface area (Å²) in [6, 6.07) is 5.43. The van der Waals surface area contributed by atoms with E-state index in [2.05, 4.69) is 26.1 Å². The summed E-state index contributed by atoms with van der Waals surface area (Å²) in [5.74, 6) is 0.714. The van der Waals surface area contributed by atoms with Gasteiger partial charge in [-0.1, -0.05) is 38.4 Å². The number of nitrogens with one attached hydrogen (secondary N) is 1. The molecule has 2 rings (SSSR count). The van der Waals surface area contributed by atoms with Crippen molar-refractivity contribution in [3.63, 3.8) is 0 Å². The second-order valence-electron chi connectivity index (χ2n) is 7.33. The van der Waals surface area contributed by atoms with Gasteiger partial charge >= 0.3 is 6.09 Å². The maximum atomic E-state index is 12.0. The molecule has 0 aliphatic heterocycles. The molecule has 0 heterocycles. The Labute approximate surface area is 138 Å². The van der Waals surface area contributed by atoms with Gasteiger partial charge in [-0.05, 0) is 61.6 Å². The molecular formula is C18H26ClNO2. The highest BCUT2D eigenvalue weighted by molar-refractivity contribution is 6.30. The lowest BCUT2D eigenvalue weighted by Gasteiger charge is -2.36. The van der Waals surface area contributed by atoms with E-state index in [0.29, 0.717) is 22.0 Å². The monoisotopic (exact) mass is 323 g/mol. The lowest BCUT2D eigenvalue weighted by Crippen LogP contribution is -2.31. The van der Waals surface area contributed by atoms with E-state index in [4.69, 9.17) is 16.3 Å². The summed E-state index contributed by atoms with van der Waals surface area (Å²) in [5.41, 5.74) is 2.02. The van der Waals surface area contributed by atoms with E-state index in [9.17, 15) is 4.79 Å². The van der Waals surface area contributed by atoms with Gasteiger partial charge in [-0.15, -0.1) is 0 Å². The molecule has 1 saturated carbocycles. The molecule has 1 aromatic carbocycles. The molecule has 0 aromatic heterocycles. The van der Waals surface area contributed by atoms with Crippen LogP contribution in [0.3, 0.4) is 0 Å². The molecule has 4 heteroatoms. The minimum atomic E-state index is -0.385. The fourth-order valence-electron chi connectivity index (χ4n) is 3.07. The zero-order valence-electron chi connectivity index (χ0n) is 13.9. The van der Waals surface area contributed by atoms with E-state index in [-0.39, 0.29) is 12.2 Å². The predicted molar refractivity (Wildman–Crippen MR) is 91.5 cm³/mol. The zero-order valence-corrected chi connectivity index (χ0v) is 14.7. The van der Waals surface area contributed by atoms with E-state index in [0.717, 1.165) is 31.2 Å². The smallest absolute Gasteiger partial charge is 0.411 e. The average Bonchev–Trinajstić information content (AvgIpc) is 2.42. The molecule has 1 fully saturated rings. The SMILES string of the molecule is Cc1ccc(Cl)cc1NC(=O)OC1CCC(C(C)(C)C)CC1. The Bertz CT molecular complexity index is 528. The van der Waals surface area contributed by atoms with Gasteiger partial charge in [0.05, 0.1) is 0 Å². The molecule has 0 radical (unpaired) electrons. The highest BCUT2D eigenvalue weighted by Crippen LogP contribution is 2.38. The molecule has 0 saturated heterocycles. The summed E-state index contributed by atoms with van der Waals surface area (Å²) in [5, 5.41) is 3.40. The Kier molecular flexibility index (Phi) is 5.38. The second-order valence-corrected chi connectivity index (χ2v) is 7.77.